The lowest BCUT2D eigenvalue weighted by Crippen LogP contribution is -2.74. The van der Waals surface area contributed by atoms with Gasteiger partial charge in [0.2, 0.25) is 17.5 Å². The minimum atomic E-state index is -1.47. The number of rotatable bonds is 10. The molecule has 4 rings (SSSR count). The zero-order chi connectivity index (χ0) is 27.0. The van der Waals surface area contributed by atoms with Crippen molar-refractivity contribution in [1.29, 1.82) is 0 Å². The number of nitrogens with one attached hydrogen (secondary N) is 2. The van der Waals surface area contributed by atoms with E-state index in [0.717, 1.165) is 5.56 Å². The van der Waals surface area contributed by atoms with E-state index in [1.165, 1.54) is 16.9 Å². The molecular formula is C28H28N4O6. The van der Waals surface area contributed by atoms with Crippen molar-refractivity contribution in [2.45, 2.75) is 12.3 Å². The molecule has 196 valence electrons. The predicted molar refractivity (Wildman–Crippen MR) is 140 cm³/mol. The van der Waals surface area contributed by atoms with Gasteiger partial charge in [0, 0.05) is 18.5 Å². The Kier molecular flexibility index (Phi) is 8.34. The number of methoxy groups -OCH3 is 1. The molecule has 1 aliphatic heterocycles. The molecule has 10 nitrogen and oxygen atoms in total. The van der Waals surface area contributed by atoms with Crippen molar-refractivity contribution in [2.24, 2.45) is 0 Å². The van der Waals surface area contributed by atoms with E-state index in [4.69, 9.17) is 9.47 Å². The number of benzene rings is 3. The summed E-state index contributed by atoms with van der Waals surface area (Å²) in [5.74, 6) is -1.60. The summed E-state index contributed by atoms with van der Waals surface area (Å²) in [6, 6.07) is 26.4. The Morgan fingerprint density at radius 3 is 1.89 bits per heavy atom. The maximum atomic E-state index is 13.6. The second-order valence-electron chi connectivity index (χ2n) is 8.54. The monoisotopic (exact) mass is 516 g/mol. The topological polar surface area (TPSA) is 117 Å². The first-order chi connectivity index (χ1) is 18.4. The highest BCUT2D eigenvalue weighted by molar-refractivity contribution is 6.05. The van der Waals surface area contributed by atoms with Crippen molar-refractivity contribution >= 4 is 35.2 Å². The summed E-state index contributed by atoms with van der Waals surface area (Å²) < 4.78 is 10.7. The van der Waals surface area contributed by atoms with E-state index < -0.39 is 42.6 Å². The zero-order valence-electron chi connectivity index (χ0n) is 20.8. The van der Waals surface area contributed by atoms with Crippen molar-refractivity contribution in [2.75, 3.05) is 36.5 Å². The van der Waals surface area contributed by atoms with E-state index in [1.54, 1.807) is 60.7 Å². The lowest BCUT2D eigenvalue weighted by molar-refractivity contribution is -0.166. The van der Waals surface area contributed by atoms with E-state index >= 15 is 0 Å². The molecule has 2 N–H and O–H groups in total. The maximum Gasteiger partial charge on any atom is 0.415 e. The fourth-order valence-corrected chi connectivity index (χ4v) is 3.86. The molecule has 1 atom stereocenters. The number of hydrogen-bond acceptors (Lipinski definition) is 6. The van der Waals surface area contributed by atoms with Gasteiger partial charge in [0.05, 0.1) is 6.54 Å². The van der Waals surface area contributed by atoms with Crippen LogP contribution in [0.25, 0.3) is 0 Å². The largest absolute Gasteiger partial charge is 0.444 e. The van der Waals surface area contributed by atoms with Crippen LogP contribution in [0.15, 0.2) is 91.0 Å². The summed E-state index contributed by atoms with van der Waals surface area (Å²) in [7, 11) is 1.32. The molecule has 10 heteroatoms. The summed E-state index contributed by atoms with van der Waals surface area (Å²) >= 11 is 0. The molecule has 0 bridgehead atoms. The molecule has 3 aromatic carbocycles. The van der Waals surface area contributed by atoms with Gasteiger partial charge in [0.1, 0.15) is 19.7 Å². The highest BCUT2D eigenvalue weighted by Gasteiger charge is 2.48. The molecule has 4 amide bonds. The second-order valence-corrected chi connectivity index (χ2v) is 8.54. The van der Waals surface area contributed by atoms with Gasteiger partial charge in [-0.3, -0.25) is 19.3 Å². The lowest BCUT2D eigenvalue weighted by Gasteiger charge is -2.39. The first-order valence-corrected chi connectivity index (χ1v) is 11.9. The van der Waals surface area contributed by atoms with Crippen molar-refractivity contribution in [3.63, 3.8) is 0 Å². The minimum absolute atomic E-state index is 0.0309. The SMILES string of the molecule is COC1(NC(=O)CN(C(=O)CN(C(=O)OCc2ccccc2)c2ccccc2)c2ccccc2)CNC1=O. The van der Waals surface area contributed by atoms with Crippen LogP contribution in [-0.4, -0.2) is 56.3 Å². The zero-order valence-corrected chi connectivity index (χ0v) is 20.8. The Hall–Kier alpha value is -4.70. The van der Waals surface area contributed by atoms with Crippen LogP contribution in [0.2, 0.25) is 0 Å². The maximum absolute atomic E-state index is 13.6. The molecule has 1 saturated heterocycles. The first-order valence-electron chi connectivity index (χ1n) is 11.9. The molecule has 1 fully saturated rings. The van der Waals surface area contributed by atoms with Crippen molar-refractivity contribution < 1.29 is 28.7 Å². The summed E-state index contributed by atoms with van der Waals surface area (Å²) in [4.78, 5) is 54.1. The van der Waals surface area contributed by atoms with Gasteiger partial charge in [0.25, 0.3) is 5.91 Å². The van der Waals surface area contributed by atoms with Crippen LogP contribution in [0.5, 0.6) is 0 Å². The molecule has 3 aromatic rings. The number of ether oxygens (including phenoxy) is 2. The Morgan fingerprint density at radius 1 is 0.842 bits per heavy atom. The van der Waals surface area contributed by atoms with Crippen LogP contribution in [0.3, 0.4) is 0 Å². The minimum Gasteiger partial charge on any atom is -0.444 e. The molecule has 0 aliphatic carbocycles. The number of nitrogens with zero attached hydrogens (tertiary/aromatic N) is 2. The highest BCUT2D eigenvalue weighted by atomic mass is 16.6. The van der Waals surface area contributed by atoms with E-state index in [2.05, 4.69) is 10.6 Å². The van der Waals surface area contributed by atoms with E-state index in [9.17, 15) is 19.2 Å². The summed E-state index contributed by atoms with van der Waals surface area (Å²) in [6.07, 6.45) is -0.713. The number of carbonyl (C=O) groups excluding carboxylic acids is 4. The van der Waals surface area contributed by atoms with E-state index in [0.29, 0.717) is 11.4 Å². The smallest absolute Gasteiger partial charge is 0.415 e. The summed E-state index contributed by atoms with van der Waals surface area (Å²) in [5.41, 5.74) is 0.235. The predicted octanol–water partition coefficient (Wildman–Crippen LogP) is 2.45. The number of amides is 4. The second kappa shape index (κ2) is 12.0. The molecular weight excluding hydrogens is 488 g/mol. The number of β-lactam (4-membered cyclic amide) rings is 1. The third-order valence-corrected chi connectivity index (χ3v) is 6.01. The third kappa shape index (κ3) is 6.16. The van der Waals surface area contributed by atoms with Gasteiger partial charge in [0.15, 0.2) is 0 Å². The van der Waals surface area contributed by atoms with Crippen LogP contribution >= 0.6 is 0 Å². The fourth-order valence-electron chi connectivity index (χ4n) is 3.86. The van der Waals surface area contributed by atoms with Gasteiger partial charge < -0.3 is 25.0 Å². The van der Waals surface area contributed by atoms with Crippen LogP contribution in [0.1, 0.15) is 5.56 Å². The number of para-hydroxylation sites is 2. The Morgan fingerprint density at radius 2 is 1.39 bits per heavy atom. The first kappa shape index (κ1) is 26.4. The van der Waals surface area contributed by atoms with Crippen LogP contribution < -0.4 is 20.4 Å². The number of carbonyl (C=O) groups is 4. The quantitative estimate of drug-likeness (QED) is 0.316. The lowest BCUT2D eigenvalue weighted by atomic mass is 10.1. The van der Waals surface area contributed by atoms with Gasteiger partial charge in [-0.2, -0.15) is 0 Å². The van der Waals surface area contributed by atoms with Crippen LogP contribution in [0, 0.1) is 0 Å². The standard InChI is InChI=1S/C28H28N4O6/c1-37-28(20-29-26(28)35)30-24(33)17-31(22-13-7-3-8-14-22)25(34)18-32(23-15-9-4-10-16-23)27(36)38-19-21-11-5-2-6-12-21/h2-16H,17-20H2,1H3,(H,29,35)(H,30,33). The molecule has 0 spiro atoms. The molecule has 1 unspecified atom stereocenters. The fraction of sp³-hybridized carbons (Fsp3) is 0.214. The number of hydrogen-bond donors (Lipinski definition) is 2. The van der Waals surface area contributed by atoms with Gasteiger partial charge in [-0.25, -0.2) is 4.79 Å². The van der Waals surface area contributed by atoms with Crippen LogP contribution in [0.4, 0.5) is 16.2 Å². The van der Waals surface area contributed by atoms with Gasteiger partial charge in [-0.15, -0.1) is 0 Å². The van der Waals surface area contributed by atoms with Crippen molar-refractivity contribution in [3.05, 3.63) is 96.6 Å². The Bertz CT molecular complexity index is 1270. The molecule has 1 aliphatic rings. The average molecular weight is 517 g/mol. The Labute approximate surface area is 220 Å². The van der Waals surface area contributed by atoms with Crippen molar-refractivity contribution in [1.82, 2.24) is 10.6 Å². The van der Waals surface area contributed by atoms with Gasteiger partial charge >= 0.3 is 6.09 Å². The third-order valence-electron chi connectivity index (χ3n) is 6.01. The molecule has 38 heavy (non-hydrogen) atoms. The normalized spacial score (nSPS) is 16.0. The van der Waals surface area contributed by atoms with E-state index in [1.807, 2.05) is 30.3 Å². The molecule has 0 aromatic heterocycles. The molecule has 0 radical (unpaired) electrons. The summed E-state index contributed by atoms with van der Waals surface area (Å²) in [6.45, 7) is -0.649. The van der Waals surface area contributed by atoms with Gasteiger partial charge in [-0.05, 0) is 29.8 Å². The average Bonchev–Trinajstić information content (AvgIpc) is 2.96. The molecule has 1 heterocycles. The van der Waals surface area contributed by atoms with Crippen LogP contribution in [-0.2, 0) is 30.5 Å². The van der Waals surface area contributed by atoms with E-state index in [-0.39, 0.29) is 13.2 Å². The Balaban J connectivity index is 1.53. The highest BCUT2D eigenvalue weighted by Crippen LogP contribution is 2.19. The molecule has 0 saturated carbocycles. The number of anilines is 2. The summed E-state index contributed by atoms with van der Waals surface area (Å²) in [5, 5.41) is 5.08. The van der Waals surface area contributed by atoms with Gasteiger partial charge in [-0.1, -0.05) is 66.7 Å². The van der Waals surface area contributed by atoms with Crippen molar-refractivity contribution in [3.8, 4) is 0 Å².